The molecule has 4 rings (SSSR count). The molecule has 10 nitrogen and oxygen atoms in total. The van der Waals surface area contributed by atoms with Gasteiger partial charge in [-0.2, -0.15) is 4.31 Å². The average Bonchev–Trinajstić information content (AvgIpc) is 3.52. The lowest BCUT2D eigenvalue weighted by Crippen LogP contribution is -2.51. The Morgan fingerprint density at radius 3 is 2.23 bits per heavy atom. The van der Waals surface area contributed by atoms with Crippen LogP contribution in [0, 0.1) is 5.92 Å². The molecule has 2 fully saturated rings. The summed E-state index contributed by atoms with van der Waals surface area (Å²) in [5.41, 5.74) is 0.557. The molecule has 43 heavy (non-hydrogen) atoms. The molecule has 2 N–H and O–H groups in total. The highest BCUT2D eigenvalue weighted by atomic mass is 32.2. The molecule has 0 saturated carbocycles. The van der Waals surface area contributed by atoms with Crippen LogP contribution in [0.2, 0.25) is 0 Å². The minimum Gasteiger partial charge on any atom is -0.444 e. The lowest BCUT2D eigenvalue weighted by atomic mass is 9.79. The van der Waals surface area contributed by atoms with E-state index in [1.54, 1.807) is 12.1 Å². The van der Waals surface area contributed by atoms with Gasteiger partial charge >= 0.3 is 13.2 Å². The van der Waals surface area contributed by atoms with E-state index in [1.165, 1.54) is 16.4 Å². The minimum absolute atomic E-state index is 0.0149. The zero-order valence-electron chi connectivity index (χ0n) is 26.0. The van der Waals surface area contributed by atoms with Crippen LogP contribution in [0.5, 0.6) is 0 Å². The zero-order chi connectivity index (χ0) is 31.4. The van der Waals surface area contributed by atoms with Crippen LogP contribution < -0.4 is 10.8 Å². The Labute approximate surface area is 256 Å². The number of carbonyl (C=O) groups is 1. The van der Waals surface area contributed by atoms with Gasteiger partial charge in [0.15, 0.2) is 0 Å². The van der Waals surface area contributed by atoms with Crippen LogP contribution in [0.25, 0.3) is 0 Å². The van der Waals surface area contributed by atoms with Crippen LogP contribution in [0.15, 0.2) is 59.5 Å². The molecule has 1 amide bonds. The summed E-state index contributed by atoms with van der Waals surface area (Å²) in [5.74, 6) is -0.0149. The van der Waals surface area contributed by atoms with E-state index in [2.05, 4.69) is 5.32 Å². The van der Waals surface area contributed by atoms with E-state index in [0.29, 0.717) is 25.1 Å². The summed E-state index contributed by atoms with van der Waals surface area (Å²) in [4.78, 5) is 12.8. The fraction of sp³-hybridized carbons (Fsp3) is 0.581. The Morgan fingerprint density at radius 1 is 1.05 bits per heavy atom. The molecular weight excluding hydrogens is 571 g/mol. The smallest absolute Gasteiger partial charge is 0.444 e. The van der Waals surface area contributed by atoms with E-state index in [4.69, 9.17) is 18.8 Å². The number of rotatable bonds is 12. The summed E-state index contributed by atoms with van der Waals surface area (Å²) >= 11 is 0. The molecule has 0 radical (unpaired) electrons. The summed E-state index contributed by atoms with van der Waals surface area (Å²) < 4.78 is 52.1. The maximum absolute atomic E-state index is 13.9. The SMILES string of the molecule is CC(C)CN(CC(O)C(Cc1ccccc1)NC(=O)OC1CCOC1)S(=O)(=O)c1ccc(B2OC(C)(C)C(C)(C)O2)cc1. The van der Waals surface area contributed by atoms with Crippen molar-refractivity contribution in [3.63, 3.8) is 0 Å². The third-order valence-corrected chi connectivity index (χ3v) is 10.1. The average molecular weight is 617 g/mol. The molecule has 0 spiro atoms. The number of benzene rings is 2. The highest BCUT2D eigenvalue weighted by Crippen LogP contribution is 2.36. The first-order valence-corrected chi connectivity index (χ1v) is 16.3. The van der Waals surface area contributed by atoms with Crippen molar-refractivity contribution in [3.8, 4) is 0 Å². The Hall–Kier alpha value is -2.48. The molecule has 2 aromatic rings. The van der Waals surface area contributed by atoms with Crippen molar-refractivity contribution in [2.45, 2.75) is 88.7 Å². The third kappa shape index (κ3) is 8.37. The molecule has 2 saturated heterocycles. The van der Waals surface area contributed by atoms with Gasteiger partial charge in [-0.1, -0.05) is 56.3 Å². The van der Waals surface area contributed by atoms with Crippen molar-refractivity contribution in [1.29, 1.82) is 0 Å². The van der Waals surface area contributed by atoms with Gasteiger partial charge in [0.1, 0.15) is 6.10 Å². The summed E-state index contributed by atoms with van der Waals surface area (Å²) in [5, 5.41) is 14.2. The minimum atomic E-state index is -4.00. The molecular formula is C31H45BN2O8S. The van der Waals surface area contributed by atoms with Crippen molar-refractivity contribution in [3.05, 3.63) is 60.2 Å². The molecule has 12 heteroatoms. The molecule has 0 bridgehead atoms. The van der Waals surface area contributed by atoms with Gasteiger partial charge < -0.3 is 29.2 Å². The molecule has 2 aromatic carbocycles. The number of aliphatic hydroxyl groups is 1. The van der Waals surface area contributed by atoms with Crippen LogP contribution >= 0.6 is 0 Å². The van der Waals surface area contributed by atoms with E-state index >= 15 is 0 Å². The number of hydrogen-bond donors (Lipinski definition) is 2. The Balaban J connectivity index is 1.52. The summed E-state index contributed by atoms with van der Waals surface area (Å²) in [6, 6.07) is 15.1. The molecule has 2 heterocycles. The van der Waals surface area contributed by atoms with Gasteiger partial charge in [-0.3, -0.25) is 0 Å². The number of sulfonamides is 1. The number of amides is 1. The van der Waals surface area contributed by atoms with Crippen molar-refractivity contribution < 1.29 is 37.1 Å². The van der Waals surface area contributed by atoms with E-state index in [9.17, 15) is 18.3 Å². The largest absolute Gasteiger partial charge is 0.494 e. The number of aliphatic hydroxyl groups excluding tert-OH is 1. The van der Waals surface area contributed by atoms with E-state index < -0.39 is 46.6 Å². The van der Waals surface area contributed by atoms with E-state index in [0.717, 1.165) is 5.56 Å². The van der Waals surface area contributed by atoms with Gasteiger partial charge in [-0.25, -0.2) is 13.2 Å². The van der Waals surface area contributed by atoms with Crippen molar-refractivity contribution in [1.82, 2.24) is 9.62 Å². The summed E-state index contributed by atoms with van der Waals surface area (Å²) in [6.07, 6.45) is -1.35. The third-order valence-electron chi connectivity index (χ3n) is 8.23. The lowest BCUT2D eigenvalue weighted by molar-refractivity contribution is 0.00578. The highest BCUT2D eigenvalue weighted by Gasteiger charge is 2.51. The zero-order valence-corrected chi connectivity index (χ0v) is 26.8. The molecule has 0 aliphatic carbocycles. The normalized spacial score (nSPS) is 21.2. The second-order valence-corrected chi connectivity index (χ2v) is 14.7. The monoisotopic (exact) mass is 616 g/mol. The second-order valence-electron chi connectivity index (χ2n) is 12.8. The van der Waals surface area contributed by atoms with Crippen LogP contribution in [0.3, 0.4) is 0 Å². The van der Waals surface area contributed by atoms with Crippen LogP contribution in [0.4, 0.5) is 4.79 Å². The fourth-order valence-corrected chi connectivity index (χ4v) is 6.65. The van der Waals surface area contributed by atoms with Crippen LogP contribution in [-0.4, -0.2) is 86.8 Å². The Kier molecular flexibility index (Phi) is 10.6. The van der Waals surface area contributed by atoms with Gasteiger partial charge in [0.05, 0.1) is 41.5 Å². The van der Waals surface area contributed by atoms with Crippen molar-refractivity contribution >= 4 is 28.7 Å². The summed E-state index contributed by atoms with van der Waals surface area (Å²) in [7, 11) is -4.61. The molecule has 2 aliphatic rings. The lowest BCUT2D eigenvalue weighted by Gasteiger charge is -2.32. The number of nitrogens with one attached hydrogen (secondary N) is 1. The van der Waals surface area contributed by atoms with Gasteiger partial charge in [0, 0.05) is 19.5 Å². The standard InChI is InChI=1S/C31H45BN2O8S/c1-22(2)19-34(43(37,38)26-14-12-24(13-15-26)32-41-30(3,4)31(5,6)42-32)20-28(35)27(18-23-10-8-7-9-11-23)33-29(36)40-25-16-17-39-21-25/h7-15,22,25,27-28,35H,16-21H2,1-6H3,(H,33,36). The maximum Gasteiger partial charge on any atom is 0.494 e. The predicted molar refractivity (Wildman–Crippen MR) is 165 cm³/mol. The first-order valence-electron chi connectivity index (χ1n) is 14.9. The van der Waals surface area contributed by atoms with Crippen LogP contribution in [-0.2, 0) is 35.2 Å². The van der Waals surface area contributed by atoms with E-state index in [1.807, 2.05) is 71.9 Å². The maximum atomic E-state index is 13.9. The number of ether oxygens (including phenoxy) is 2. The van der Waals surface area contributed by atoms with Gasteiger partial charge in [-0.05, 0) is 63.2 Å². The van der Waals surface area contributed by atoms with Crippen LogP contribution in [0.1, 0.15) is 53.5 Å². The van der Waals surface area contributed by atoms with Gasteiger partial charge in [-0.15, -0.1) is 0 Å². The first kappa shape index (κ1) is 33.4. The number of alkyl carbamates (subject to hydrolysis) is 1. The predicted octanol–water partition coefficient (Wildman–Crippen LogP) is 3.12. The second kappa shape index (κ2) is 13.7. The molecule has 0 aromatic heterocycles. The number of nitrogens with zero attached hydrogens (tertiary/aromatic N) is 1. The Bertz CT molecular complexity index is 1300. The molecule has 236 valence electrons. The Morgan fingerprint density at radius 2 is 1.67 bits per heavy atom. The number of hydrogen-bond acceptors (Lipinski definition) is 8. The number of carbonyl (C=O) groups excluding carboxylic acids is 1. The van der Waals surface area contributed by atoms with E-state index in [-0.39, 0.29) is 36.4 Å². The first-order chi connectivity index (χ1) is 20.2. The quantitative estimate of drug-likeness (QED) is 0.349. The molecule has 3 unspecified atom stereocenters. The summed E-state index contributed by atoms with van der Waals surface area (Å²) in [6.45, 7) is 12.5. The van der Waals surface area contributed by atoms with Gasteiger partial charge in [0.2, 0.25) is 10.0 Å². The molecule has 3 atom stereocenters. The topological polar surface area (TPSA) is 124 Å². The van der Waals surface area contributed by atoms with Gasteiger partial charge in [0.25, 0.3) is 0 Å². The van der Waals surface area contributed by atoms with Crippen molar-refractivity contribution in [2.24, 2.45) is 5.92 Å². The fourth-order valence-electron chi connectivity index (χ4n) is 5.03. The van der Waals surface area contributed by atoms with Crippen molar-refractivity contribution in [2.75, 3.05) is 26.3 Å². The highest BCUT2D eigenvalue weighted by molar-refractivity contribution is 7.89. The molecule has 2 aliphatic heterocycles.